The number of carbonyl (C=O) groups excluding carboxylic acids is 2. The molecule has 3 N–H and O–H groups in total. The second-order valence-corrected chi connectivity index (χ2v) is 5.36. The predicted molar refractivity (Wildman–Crippen MR) is 82.1 cm³/mol. The van der Waals surface area contributed by atoms with E-state index < -0.39 is 6.04 Å². The Kier molecular flexibility index (Phi) is 6.17. The van der Waals surface area contributed by atoms with Crippen LogP contribution in [-0.4, -0.2) is 43.5 Å². The summed E-state index contributed by atoms with van der Waals surface area (Å²) in [5, 5.41) is 2.74. The molecule has 0 aliphatic rings. The molecule has 0 saturated carbocycles. The number of nitrogens with one attached hydrogen (secondary N) is 1. The first-order valence-electron chi connectivity index (χ1n) is 6.80. The molecular weight excluding hydrogens is 270 g/mol. The van der Waals surface area contributed by atoms with Gasteiger partial charge in [-0.3, -0.25) is 9.59 Å². The summed E-state index contributed by atoms with van der Waals surface area (Å²) >= 11 is 0. The lowest BCUT2D eigenvalue weighted by Gasteiger charge is -2.15. The molecule has 0 aliphatic heterocycles. The highest BCUT2D eigenvalue weighted by atomic mass is 16.5. The number of hydrogen-bond acceptors (Lipinski definition) is 4. The highest BCUT2D eigenvalue weighted by Crippen LogP contribution is 2.16. The minimum Gasteiger partial charge on any atom is -0.484 e. The maximum atomic E-state index is 11.8. The monoisotopic (exact) mass is 293 g/mol. The van der Waals surface area contributed by atoms with Gasteiger partial charge in [-0.25, -0.2) is 0 Å². The molecule has 116 valence electrons. The Labute approximate surface area is 125 Å². The van der Waals surface area contributed by atoms with Gasteiger partial charge in [-0.2, -0.15) is 0 Å². The van der Waals surface area contributed by atoms with Crippen molar-refractivity contribution in [1.82, 2.24) is 4.90 Å². The molecule has 1 atom stereocenters. The van der Waals surface area contributed by atoms with Crippen LogP contribution in [0.25, 0.3) is 0 Å². The van der Waals surface area contributed by atoms with Gasteiger partial charge in [0, 0.05) is 19.8 Å². The van der Waals surface area contributed by atoms with Gasteiger partial charge >= 0.3 is 0 Å². The Morgan fingerprint density at radius 3 is 2.29 bits per heavy atom. The summed E-state index contributed by atoms with van der Waals surface area (Å²) in [6.07, 6.45) is 0. The largest absolute Gasteiger partial charge is 0.484 e. The van der Waals surface area contributed by atoms with Gasteiger partial charge < -0.3 is 20.7 Å². The molecule has 1 aromatic carbocycles. The van der Waals surface area contributed by atoms with Crippen LogP contribution >= 0.6 is 0 Å². The van der Waals surface area contributed by atoms with Gasteiger partial charge in [0.05, 0.1) is 6.04 Å². The molecule has 0 spiro atoms. The standard InChI is InChI=1S/C15H23N3O3/c1-10(2)14(16)15(20)17-11-5-7-12(8-6-11)21-9-13(19)18(3)4/h5-8,10,14H,9,16H2,1-4H3,(H,17,20). The van der Waals surface area contributed by atoms with E-state index in [2.05, 4.69) is 5.32 Å². The van der Waals surface area contributed by atoms with Crippen LogP contribution in [0.1, 0.15) is 13.8 Å². The van der Waals surface area contributed by atoms with Gasteiger partial charge in [-0.05, 0) is 30.2 Å². The van der Waals surface area contributed by atoms with E-state index in [9.17, 15) is 9.59 Å². The normalized spacial score (nSPS) is 11.9. The molecule has 1 unspecified atom stereocenters. The van der Waals surface area contributed by atoms with E-state index in [1.807, 2.05) is 13.8 Å². The number of nitrogens with two attached hydrogens (primary N) is 1. The van der Waals surface area contributed by atoms with Crippen molar-refractivity contribution in [1.29, 1.82) is 0 Å². The van der Waals surface area contributed by atoms with Crippen molar-refractivity contribution in [3.8, 4) is 5.75 Å². The van der Waals surface area contributed by atoms with Crippen LogP contribution < -0.4 is 15.8 Å². The molecule has 0 bridgehead atoms. The molecule has 0 aliphatic carbocycles. The van der Waals surface area contributed by atoms with Gasteiger partial charge in [0.2, 0.25) is 5.91 Å². The average molecular weight is 293 g/mol. The van der Waals surface area contributed by atoms with E-state index in [4.69, 9.17) is 10.5 Å². The third-order valence-corrected chi connectivity index (χ3v) is 3.00. The number of benzene rings is 1. The number of hydrogen-bond donors (Lipinski definition) is 2. The van der Waals surface area contributed by atoms with Crippen molar-refractivity contribution >= 4 is 17.5 Å². The number of nitrogens with zero attached hydrogens (tertiary/aromatic N) is 1. The molecule has 6 heteroatoms. The molecule has 0 heterocycles. The third-order valence-electron chi connectivity index (χ3n) is 3.00. The number of ether oxygens (including phenoxy) is 1. The molecule has 0 fully saturated rings. The number of likely N-dealkylation sites (N-methyl/N-ethyl adjacent to an activating group) is 1. The summed E-state index contributed by atoms with van der Waals surface area (Å²) in [4.78, 5) is 24.7. The molecule has 2 amide bonds. The zero-order valence-corrected chi connectivity index (χ0v) is 12.9. The Morgan fingerprint density at radius 2 is 1.81 bits per heavy atom. The van der Waals surface area contributed by atoms with Crippen LogP contribution in [0.3, 0.4) is 0 Å². The minimum atomic E-state index is -0.543. The highest BCUT2D eigenvalue weighted by molar-refractivity contribution is 5.94. The Bertz CT molecular complexity index is 483. The summed E-state index contributed by atoms with van der Waals surface area (Å²) in [7, 11) is 3.34. The summed E-state index contributed by atoms with van der Waals surface area (Å²) in [6, 6.07) is 6.26. The number of rotatable bonds is 6. The number of carbonyl (C=O) groups is 2. The quantitative estimate of drug-likeness (QED) is 0.822. The van der Waals surface area contributed by atoms with E-state index in [-0.39, 0.29) is 24.3 Å². The molecule has 21 heavy (non-hydrogen) atoms. The lowest BCUT2D eigenvalue weighted by atomic mass is 10.1. The summed E-state index contributed by atoms with van der Waals surface area (Å²) in [6.45, 7) is 3.77. The van der Waals surface area contributed by atoms with Crippen molar-refractivity contribution < 1.29 is 14.3 Å². The third kappa shape index (κ3) is 5.43. The van der Waals surface area contributed by atoms with E-state index in [1.165, 1.54) is 4.90 Å². The molecule has 6 nitrogen and oxygen atoms in total. The van der Waals surface area contributed by atoms with Gasteiger partial charge in [-0.15, -0.1) is 0 Å². The molecule has 0 saturated heterocycles. The first-order chi connectivity index (χ1) is 9.81. The van der Waals surface area contributed by atoms with Crippen LogP contribution in [0.15, 0.2) is 24.3 Å². The first kappa shape index (κ1) is 17.0. The van der Waals surface area contributed by atoms with E-state index in [1.54, 1.807) is 38.4 Å². The van der Waals surface area contributed by atoms with Crippen LogP contribution in [0.4, 0.5) is 5.69 Å². The number of amides is 2. The molecule has 0 radical (unpaired) electrons. The molecule has 1 aromatic rings. The van der Waals surface area contributed by atoms with Crippen molar-refractivity contribution in [2.45, 2.75) is 19.9 Å². The van der Waals surface area contributed by atoms with Crippen molar-refractivity contribution in [2.24, 2.45) is 11.7 Å². The zero-order chi connectivity index (χ0) is 16.0. The predicted octanol–water partition coefficient (Wildman–Crippen LogP) is 1.08. The van der Waals surface area contributed by atoms with E-state index >= 15 is 0 Å². The van der Waals surface area contributed by atoms with Crippen LogP contribution in [0.5, 0.6) is 5.75 Å². The van der Waals surface area contributed by atoms with Crippen molar-refractivity contribution in [3.63, 3.8) is 0 Å². The Hall–Kier alpha value is -2.08. The second-order valence-electron chi connectivity index (χ2n) is 5.36. The summed E-state index contributed by atoms with van der Waals surface area (Å²) in [5.41, 5.74) is 6.41. The smallest absolute Gasteiger partial charge is 0.259 e. The van der Waals surface area contributed by atoms with Gasteiger partial charge in [0.15, 0.2) is 6.61 Å². The van der Waals surface area contributed by atoms with Gasteiger partial charge in [-0.1, -0.05) is 13.8 Å². The van der Waals surface area contributed by atoms with Gasteiger partial charge in [0.25, 0.3) is 5.91 Å². The fourth-order valence-corrected chi connectivity index (χ4v) is 1.44. The molecular formula is C15H23N3O3. The van der Waals surface area contributed by atoms with Gasteiger partial charge in [0.1, 0.15) is 5.75 Å². The van der Waals surface area contributed by atoms with Crippen molar-refractivity contribution in [2.75, 3.05) is 26.0 Å². The molecule has 0 aromatic heterocycles. The summed E-state index contributed by atoms with van der Waals surface area (Å²) < 4.78 is 5.35. The zero-order valence-electron chi connectivity index (χ0n) is 12.9. The maximum absolute atomic E-state index is 11.8. The highest BCUT2D eigenvalue weighted by Gasteiger charge is 2.17. The lowest BCUT2D eigenvalue weighted by Crippen LogP contribution is -2.39. The van der Waals surface area contributed by atoms with Crippen LogP contribution in [0.2, 0.25) is 0 Å². The maximum Gasteiger partial charge on any atom is 0.259 e. The van der Waals surface area contributed by atoms with E-state index in [0.717, 1.165) is 0 Å². The Balaban J connectivity index is 2.54. The minimum absolute atomic E-state index is 0.0169. The first-order valence-corrected chi connectivity index (χ1v) is 6.80. The summed E-state index contributed by atoms with van der Waals surface area (Å²) in [5.74, 6) is 0.303. The topological polar surface area (TPSA) is 84.7 Å². The number of anilines is 1. The lowest BCUT2D eigenvalue weighted by molar-refractivity contribution is -0.130. The Morgan fingerprint density at radius 1 is 1.24 bits per heavy atom. The SMILES string of the molecule is CC(C)C(N)C(=O)Nc1ccc(OCC(=O)N(C)C)cc1. The molecule has 1 rings (SSSR count). The fourth-order valence-electron chi connectivity index (χ4n) is 1.44. The second kappa shape index (κ2) is 7.64. The average Bonchev–Trinajstić information content (AvgIpc) is 2.44. The van der Waals surface area contributed by atoms with Crippen LogP contribution in [-0.2, 0) is 9.59 Å². The van der Waals surface area contributed by atoms with Crippen molar-refractivity contribution in [3.05, 3.63) is 24.3 Å². The fraction of sp³-hybridized carbons (Fsp3) is 0.467. The van der Waals surface area contributed by atoms with Crippen LogP contribution in [0, 0.1) is 5.92 Å². The van der Waals surface area contributed by atoms with E-state index in [0.29, 0.717) is 11.4 Å².